The van der Waals surface area contributed by atoms with Crippen LogP contribution in [0, 0.1) is 6.92 Å². The Balaban J connectivity index is 2.87. The normalized spacial score (nSPS) is 12.1. The minimum absolute atomic E-state index is 0.0869. The highest BCUT2D eigenvalue weighted by molar-refractivity contribution is 6.35. The van der Waals surface area contributed by atoms with E-state index in [2.05, 4.69) is 31.8 Å². The molecule has 0 N–H and O–H groups in total. The number of para-hydroxylation sites is 1. The molecule has 0 radical (unpaired) electrons. The molecule has 0 fully saturated rings. The van der Waals surface area contributed by atoms with Gasteiger partial charge in [-0.3, -0.25) is 4.98 Å². The summed E-state index contributed by atoms with van der Waals surface area (Å²) in [4.78, 5) is 4.62. The third-order valence-electron chi connectivity index (χ3n) is 2.73. The Bertz CT molecular complexity index is 538. The van der Waals surface area contributed by atoms with Gasteiger partial charge in [-0.1, -0.05) is 50.6 Å². The predicted octanol–water partition coefficient (Wildman–Crippen LogP) is 4.49. The first-order valence-electron chi connectivity index (χ1n) is 5.46. The minimum Gasteiger partial charge on any atom is -0.253 e. The van der Waals surface area contributed by atoms with Crippen molar-refractivity contribution in [1.82, 2.24) is 4.98 Å². The summed E-state index contributed by atoms with van der Waals surface area (Å²) >= 11 is 6.24. The molecule has 0 aliphatic carbocycles. The molecule has 1 nitrogen and oxygen atoms in total. The summed E-state index contributed by atoms with van der Waals surface area (Å²) in [6.45, 7) is 8.56. The van der Waals surface area contributed by atoms with Crippen molar-refractivity contribution in [1.29, 1.82) is 0 Å². The lowest BCUT2D eigenvalue weighted by molar-refractivity contribution is 0.594. The Morgan fingerprint density at radius 1 is 1.19 bits per heavy atom. The molecule has 16 heavy (non-hydrogen) atoms. The molecule has 0 aliphatic rings. The van der Waals surface area contributed by atoms with Crippen LogP contribution in [0.1, 0.15) is 32.0 Å². The Morgan fingerprint density at radius 3 is 2.50 bits per heavy atom. The first-order chi connectivity index (χ1) is 7.39. The van der Waals surface area contributed by atoms with Gasteiger partial charge in [0.1, 0.15) is 0 Å². The summed E-state index contributed by atoms with van der Waals surface area (Å²) in [7, 11) is 0. The van der Waals surface area contributed by atoms with E-state index in [1.807, 2.05) is 25.1 Å². The fourth-order valence-electron chi connectivity index (χ4n) is 1.93. The van der Waals surface area contributed by atoms with Crippen LogP contribution in [0.3, 0.4) is 0 Å². The Labute approximate surface area is 101 Å². The summed E-state index contributed by atoms with van der Waals surface area (Å²) in [6.07, 6.45) is 0. The molecule has 1 heterocycles. The van der Waals surface area contributed by atoms with Crippen molar-refractivity contribution in [3.63, 3.8) is 0 Å². The van der Waals surface area contributed by atoms with Crippen LogP contribution in [0.2, 0.25) is 5.02 Å². The van der Waals surface area contributed by atoms with Crippen LogP contribution in [0.5, 0.6) is 0 Å². The molecule has 0 saturated carbocycles. The molecule has 1 aromatic heterocycles. The average Bonchev–Trinajstić information content (AvgIpc) is 2.15. The van der Waals surface area contributed by atoms with Gasteiger partial charge < -0.3 is 0 Å². The number of rotatable bonds is 0. The number of aryl methyl sites for hydroxylation is 1. The summed E-state index contributed by atoms with van der Waals surface area (Å²) in [5.74, 6) is 0. The van der Waals surface area contributed by atoms with E-state index in [4.69, 9.17) is 11.6 Å². The van der Waals surface area contributed by atoms with Crippen LogP contribution in [0.25, 0.3) is 10.9 Å². The molecule has 2 aromatic rings. The molecule has 0 amide bonds. The Kier molecular flexibility index (Phi) is 2.67. The van der Waals surface area contributed by atoms with Gasteiger partial charge in [0.05, 0.1) is 10.5 Å². The lowest BCUT2D eigenvalue weighted by Crippen LogP contribution is -2.12. The van der Waals surface area contributed by atoms with Crippen molar-refractivity contribution < 1.29 is 0 Å². The molecule has 0 saturated heterocycles. The molecule has 0 bridgehead atoms. The van der Waals surface area contributed by atoms with Gasteiger partial charge in [-0.15, -0.1) is 0 Å². The standard InChI is InChI=1S/C14H16ClN/c1-9-8-12(15)10-6-5-7-11(13(10)16-9)14(2,3)4/h5-8H,1-4H3. The maximum atomic E-state index is 6.24. The summed E-state index contributed by atoms with van der Waals surface area (Å²) in [5, 5.41) is 1.83. The lowest BCUT2D eigenvalue weighted by atomic mass is 9.85. The number of hydrogen-bond donors (Lipinski definition) is 0. The highest BCUT2D eigenvalue weighted by atomic mass is 35.5. The zero-order valence-electron chi connectivity index (χ0n) is 10.1. The molecule has 2 rings (SSSR count). The highest BCUT2D eigenvalue weighted by Gasteiger charge is 2.18. The van der Waals surface area contributed by atoms with E-state index in [9.17, 15) is 0 Å². The van der Waals surface area contributed by atoms with Crippen LogP contribution in [0.15, 0.2) is 24.3 Å². The van der Waals surface area contributed by atoms with Crippen molar-refractivity contribution in [3.05, 3.63) is 40.5 Å². The molecular formula is C14H16ClN. The van der Waals surface area contributed by atoms with E-state index in [0.717, 1.165) is 21.6 Å². The third-order valence-corrected chi connectivity index (χ3v) is 3.04. The largest absolute Gasteiger partial charge is 0.253 e. The molecule has 0 spiro atoms. The van der Waals surface area contributed by atoms with E-state index < -0.39 is 0 Å². The number of hydrogen-bond acceptors (Lipinski definition) is 1. The Morgan fingerprint density at radius 2 is 1.88 bits per heavy atom. The number of benzene rings is 1. The van der Waals surface area contributed by atoms with Gasteiger partial charge in [0, 0.05) is 11.1 Å². The van der Waals surface area contributed by atoms with Crippen molar-refractivity contribution in [2.45, 2.75) is 33.1 Å². The molecular weight excluding hydrogens is 218 g/mol. The van der Waals surface area contributed by atoms with Gasteiger partial charge in [0.25, 0.3) is 0 Å². The second-order valence-electron chi connectivity index (χ2n) is 5.20. The van der Waals surface area contributed by atoms with E-state index in [0.29, 0.717) is 0 Å². The van der Waals surface area contributed by atoms with Crippen molar-refractivity contribution >= 4 is 22.5 Å². The van der Waals surface area contributed by atoms with E-state index in [-0.39, 0.29) is 5.41 Å². The number of pyridine rings is 1. The fourth-order valence-corrected chi connectivity index (χ4v) is 2.24. The van der Waals surface area contributed by atoms with E-state index >= 15 is 0 Å². The summed E-state index contributed by atoms with van der Waals surface area (Å²) in [5.41, 5.74) is 3.33. The third kappa shape index (κ3) is 1.92. The maximum Gasteiger partial charge on any atom is 0.0757 e. The first-order valence-corrected chi connectivity index (χ1v) is 5.84. The first kappa shape index (κ1) is 11.4. The van der Waals surface area contributed by atoms with Crippen molar-refractivity contribution in [3.8, 4) is 0 Å². The highest BCUT2D eigenvalue weighted by Crippen LogP contribution is 2.32. The van der Waals surface area contributed by atoms with Crippen molar-refractivity contribution in [2.24, 2.45) is 0 Å². The van der Waals surface area contributed by atoms with Gasteiger partial charge in [-0.2, -0.15) is 0 Å². The fraction of sp³-hybridized carbons (Fsp3) is 0.357. The average molecular weight is 234 g/mol. The predicted molar refractivity (Wildman–Crippen MR) is 70.2 cm³/mol. The van der Waals surface area contributed by atoms with Crippen LogP contribution in [-0.2, 0) is 5.41 Å². The zero-order valence-corrected chi connectivity index (χ0v) is 10.9. The smallest absolute Gasteiger partial charge is 0.0757 e. The van der Waals surface area contributed by atoms with E-state index in [1.165, 1.54) is 5.56 Å². The van der Waals surface area contributed by atoms with Crippen LogP contribution in [-0.4, -0.2) is 4.98 Å². The van der Waals surface area contributed by atoms with Crippen LogP contribution < -0.4 is 0 Å². The number of halogens is 1. The minimum atomic E-state index is 0.0869. The number of aromatic nitrogens is 1. The van der Waals surface area contributed by atoms with Gasteiger partial charge in [0.2, 0.25) is 0 Å². The SMILES string of the molecule is Cc1cc(Cl)c2cccc(C(C)(C)C)c2n1. The molecule has 0 unspecified atom stereocenters. The molecule has 84 valence electrons. The second kappa shape index (κ2) is 3.74. The second-order valence-corrected chi connectivity index (χ2v) is 5.60. The van der Waals surface area contributed by atoms with E-state index in [1.54, 1.807) is 0 Å². The van der Waals surface area contributed by atoms with Crippen molar-refractivity contribution in [2.75, 3.05) is 0 Å². The van der Waals surface area contributed by atoms with Gasteiger partial charge >= 0.3 is 0 Å². The van der Waals surface area contributed by atoms with Gasteiger partial charge in [-0.05, 0) is 24.0 Å². The molecule has 0 aliphatic heterocycles. The molecule has 1 aromatic carbocycles. The van der Waals surface area contributed by atoms with Crippen LogP contribution >= 0.6 is 11.6 Å². The number of fused-ring (bicyclic) bond motifs is 1. The quantitative estimate of drug-likeness (QED) is 0.653. The summed E-state index contributed by atoms with van der Waals surface area (Å²) in [6, 6.07) is 8.12. The maximum absolute atomic E-state index is 6.24. The van der Waals surface area contributed by atoms with Gasteiger partial charge in [-0.25, -0.2) is 0 Å². The topological polar surface area (TPSA) is 12.9 Å². The molecule has 2 heteroatoms. The van der Waals surface area contributed by atoms with Gasteiger partial charge in [0.15, 0.2) is 0 Å². The summed E-state index contributed by atoms with van der Waals surface area (Å²) < 4.78 is 0. The number of nitrogens with zero attached hydrogens (tertiary/aromatic N) is 1. The lowest BCUT2D eigenvalue weighted by Gasteiger charge is -2.21. The molecule has 0 atom stereocenters. The van der Waals surface area contributed by atoms with Crippen LogP contribution in [0.4, 0.5) is 0 Å². The Hall–Kier alpha value is -1.08. The zero-order chi connectivity index (χ0) is 11.9. The monoisotopic (exact) mass is 233 g/mol.